The molecule has 2 rings (SSSR count). The lowest BCUT2D eigenvalue weighted by Crippen LogP contribution is -2.33. The molecule has 4 heteroatoms. The molecule has 1 aromatic rings. The van der Waals surface area contributed by atoms with E-state index in [-0.39, 0.29) is 5.78 Å². The van der Waals surface area contributed by atoms with Gasteiger partial charge in [-0.25, -0.2) is 0 Å². The third-order valence-corrected chi connectivity index (χ3v) is 3.50. The highest BCUT2D eigenvalue weighted by molar-refractivity contribution is 5.97. The van der Waals surface area contributed by atoms with Gasteiger partial charge in [-0.05, 0) is 26.6 Å². The van der Waals surface area contributed by atoms with Gasteiger partial charge in [0.2, 0.25) is 0 Å². The van der Waals surface area contributed by atoms with Gasteiger partial charge >= 0.3 is 0 Å². The van der Waals surface area contributed by atoms with E-state index in [9.17, 15) is 4.79 Å². The number of aryl methyl sites for hydroxylation is 1. The van der Waals surface area contributed by atoms with Crippen molar-refractivity contribution >= 4 is 5.78 Å². The summed E-state index contributed by atoms with van der Waals surface area (Å²) in [6.07, 6.45) is 4.97. The lowest BCUT2D eigenvalue weighted by atomic mass is 10.2. The van der Waals surface area contributed by atoms with Gasteiger partial charge in [0.1, 0.15) is 0 Å². The first-order valence-corrected chi connectivity index (χ1v) is 6.10. The Morgan fingerprint density at radius 1 is 1.53 bits per heavy atom. The Kier molecular flexibility index (Phi) is 3.64. The van der Waals surface area contributed by atoms with Crippen LogP contribution in [0.15, 0.2) is 18.5 Å². The van der Waals surface area contributed by atoms with E-state index in [0.29, 0.717) is 12.6 Å². The Balaban J connectivity index is 1.88. The van der Waals surface area contributed by atoms with Crippen LogP contribution in [0.3, 0.4) is 0 Å². The Hall–Kier alpha value is -1.13. The Labute approximate surface area is 103 Å². The summed E-state index contributed by atoms with van der Waals surface area (Å²) >= 11 is 0. The first-order chi connectivity index (χ1) is 8.06. The van der Waals surface area contributed by atoms with E-state index in [0.717, 1.165) is 25.1 Å². The molecular formula is C13H21N3O. The van der Waals surface area contributed by atoms with Crippen LogP contribution in [0.25, 0.3) is 0 Å². The number of likely N-dealkylation sites (N-methyl/N-ethyl adjacent to an activating group) is 1. The van der Waals surface area contributed by atoms with E-state index in [1.807, 2.05) is 30.1 Å². The van der Waals surface area contributed by atoms with E-state index in [2.05, 4.69) is 23.9 Å². The van der Waals surface area contributed by atoms with Crippen LogP contribution >= 0.6 is 0 Å². The molecule has 2 heterocycles. The molecule has 0 amide bonds. The highest BCUT2D eigenvalue weighted by atomic mass is 16.1. The van der Waals surface area contributed by atoms with Gasteiger partial charge in [-0.15, -0.1) is 0 Å². The van der Waals surface area contributed by atoms with E-state index in [1.54, 1.807) is 0 Å². The number of nitrogens with zero attached hydrogens (tertiary/aromatic N) is 3. The Morgan fingerprint density at radius 3 is 2.82 bits per heavy atom. The molecule has 1 unspecified atom stereocenters. The standard InChI is InChI=1S/C13H21N3O/c1-14(2)12-5-7-16(9-12)10-13(17)11-4-6-15(3)8-11/h4,6,8,12H,5,7,9-10H2,1-3H3. The van der Waals surface area contributed by atoms with Gasteiger partial charge < -0.3 is 9.47 Å². The molecule has 94 valence electrons. The number of likely N-dealkylation sites (tertiary alicyclic amines) is 1. The number of ketones is 1. The van der Waals surface area contributed by atoms with Gasteiger partial charge in [-0.1, -0.05) is 0 Å². The van der Waals surface area contributed by atoms with Crippen LogP contribution in [-0.4, -0.2) is 59.9 Å². The number of carbonyl (C=O) groups is 1. The number of hydrogen-bond donors (Lipinski definition) is 0. The molecule has 1 saturated heterocycles. The first-order valence-electron chi connectivity index (χ1n) is 6.10. The molecule has 0 bridgehead atoms. The SMILES string of the molecule is CN(C)C1CCN(CC(=O)c2ccn(C)c2)C1. The number of rotatable bonds is 4. The summed E-state index contributed by atoms with van der Waals surface area (Å²) in [5, 5.41) is 0. The van der Waals surface area contributed by atoms with Crippen molar-refractivity contribution in [1.82, 2.24) is 14.4 Å². The summed E-state index contributed by atoms with van der Waals surface area (Å²) in [4.78, 5) is 16.5. The maximum atomic E-state index is 12.0. The van der Waals surface area contributed by atoms with Gasteiger partial charge in [-0.3, -0.25) is 9.69 Å². The van der Waals surface area contributed by atoms with Crippen LogP contribution in [0, 0.1) is 0 Å². The van der Waals surface area contributed by atoms with Crippen molar-refractivity contribution in [1.29, 1.82) is 0 Å². The van der Waals surface area contributed by atoms with Crippen molar-refractivity contribution in [3.63, 3.8) is 0 Å². The Morgan fingerprint density at radius 2 is 2.29 bits per heavy atom. The predicted octanol–water partition coefficient (Wildman–Crippen LogP) is 0.844. The largest absolute Gasteiger partial charge is 0.357 e. The van der Waals surface area contributed by atoms with E-state index < -0.39 is 0 Å². The van der Waals surface area contributed by atoms with Gasteiger partial charge in [0.05, 0.1) is 6.54 Å². The third kappa shape index (κ3) is 2.96. The van der Waals surface area contributed by atoms with Crippen molar-refractivity contribution in [3.05, 3.63) is 24.0 Å². The molecular weight excluding hydrogens is 214 g/mol. The molecule has 1 atom stereocenters. The minimum absolute atomic E-state index is 0.227. The minimum Gasteiger partial charge on any atom is -0.357 e. The highest BCUT2D eigenvalue weighted by Crippen LogP contribution is 2.14. The topological polar surface area (TPSA) is 28.5 Å². The molecule has 1 aliphatic heterocycles. The smallest absolute Gasteiger partial charge is 0.178 e. The second kappa shape index (κ2) is 5.02. The van der Waals surface area contributed by atoms with Gasteiger partial charge in [0.25, 0.3) is 0 Å². The number of Topliss-reactive ketones (excluding diaryl/α,β-unsaturated/α-hetero) is 1. The van der Waals surface area contributed by atoms with Crippen molar-refractivity contribution in [2.45, 2.75) is 12.5 Å². The molecule has 1 aliphatic rings. The normalized spacial score (nSPS) is 21.3. The number of hydrogen-bond acceptors (Lipinski definition) is 3. The fourth-order valence-electron chi connectivity index (χ4n) is 2.34. The lowest BCUT2D eigenvalue weighted by Gasteiger charge is -2.19. The number of carbonyl (C=O) groups excluding carboxylic acids is 1. The second-order valence-electron chi connectivity index (χ2n) is 5.13. The molecule has 4 nitrogen and oxygen atoms in total. The summed E-state index contributed by atoms with van der Waals surface area (Å²) in [5.74, 6) is 0.227. The summed E-state index contributed by atoms with van der Waals surface area (Å²) < 4.78 is 1.92. The zero-order chi connectivity index (χ0) is 12.4. The molecule has 0 radical (unpaired) electrons. The Bertz CT molecular complexity index is 397. The van der Waals surface area contributed by atoms with Crippen molar-refractivity contribution in [2.75, 3.05) is 33.7 Å². The zero-order valence-electron chi connectivity index (χ0n) is 10.9. The van der Waals surface area contributed by atoms with Crippen LogP contribution in [0.2, 0.25) is 0 Å². The zero-order valence-corrected chi connectivity index (χ0v) is 10.9. The molecule has 0 aromatic carbocycles. The molecule has 1 fully saturated rings. The monoisotopic (exact) mass is 235 g/mol. The highest BCUT2D eigenvalue weighted by Gasteiger charge is 2.25. The van der Waals surface area contributed by atoms with Crippen LogP contribution < -0.4 is 0 Å². The average molecular weight is 235 g/mol. The van der Waals surface area contributed by atoms with Crippen LogP contribution in [0.5, 0.6) is 0 Å². The molecule has 0 saturated carbocycles. The minimum atomic E-state index is 0.227. The van der Waals surface area contributed by atoms with Gasteiger partial charge in [-0.2, -0.15) is 0 Å². The van der Waals surface area contributed by atoms with Gasteiger partial charge in [0.15, 0.2) is 5.78 Å². The number of aromatic nitrogens is 1. The van der Waals surface area contributed by atoms with Crippen LogP contribution in [0.4, 0.5) is 0 Å². The summed E-state index contributed by atoms with van der Waals surface area (Å²) in [5.41, 5.74) is 0.820. The average Bonchev–Trinajstić information content (AvgIpc) is 2.86. The maximum absolute atomic E-state index is 12.0. The van der Waals surface area contributed by atoms with Crippen molar-refractivity contribution < 1.29 is 4.79 Å². The summed E-state index contributed by atoms with van der Waals surface area (Å²) in [6.45, 7) is 2.58. The van der Waals surface area contributed by atoms with Crippen LogP contribution in [0.1, 0.15) is 16.8 Å². The molecule has 17 heavy (non-hydrogen) atoms. The van der Waals surface area contributed by atoms with Crippen molar-refractivity contribution in [2.24, 2.45) is 7.05 Å². The molecule has 0 aliphatic carbocycles. The second-order valence-corrected chi connectivity index (χ2v) is 5.13. The quantitative estimate of drug-likeness (QED) is 0.724. The molecule has 0 spiro atoms. The summed E-state index contributed by atoms with van der Waals surface area (Å²) in [7, 11) is 6.15. The summed E-state index contributed by atoms with van der Waals surface area (Å²) in [6, 6.07) is 2.49. The third-order valence-electron chi connectivity index (χ3n) is 3.50. The lowest BCUT2D eigenvalue weighted by molar-refractivity contribution is 0.0941. The van der Waals surface area contributed by atoms with E-state index >= 15 is 0 Å². The van der Waals surface area contributed by atoms with Gasteiger partial charge in [0, 0.05) is 44.1 Å². The first kappa shape index (κ1) is 12.3. The van der Waals surface area contributed by atoms with E-state index in [4.69, 9.17) is 0 Å². The maximum Gasteiger partial charge on any atom is 0.178 e. The van der Waals surface area contributed by atoms with Crippen LogP contribution in [-0.2, 0) is 7.05 Å². The fraction of sp³-hybridized carbons (Fsp3) is 0.615. The van der Waals surface area contributed by atoms with Crippen molar-refractivity contribution in [3.8, 4) is 0 Å². The van der Waals surface area contributed by atoms with E-state index in [1.165, 1.54) is 0 Å². The predicted molar refractivity (Wildman–Crippen MR) is 68.3 cm³/mol. The molecule has 1 aromatic heterocycles. The fourth-order valence-corrected chi connectivity index (χ4v) is 2.34. The molecule has 0 N–H and O–H groups in total.